The van der Waals surface area contributed by atoms with E-state index in [0.717, 1.165) is 12.5 Å². The van der Waals surface area contributed by atoms with Gasteiger partial charge in [0.1, 0.15) is 0 Å². The first-order valence-corrected chi connectivity index (χ1v) is 7.90. The van der Waals surface area contributed by atoms with E-state index in [4.69, 9.17) is 4.74 Å². The molecule has 0 spiro atoms. The van der Waals surface area contributed by atoms with Crippen LogP contribution in [-0.2, 0) is 4.74 Å². The van der Waals surface area contributed by atoms with E-state index in [9.17, 15) is 0 Å². The summed E-state index contributed by atoms with van der Waals surface area (Å²) in [7, 11) is 0. The second kappa shape index (κ2) is 9.94. The van der Waals surface area contributed by atoms with Crippen molar-refractivity contribution in [3.05, 3.63) is 0 Å². The van der Waals surface area contributed by atoms with Crippen molar-refractivity contribution in [2.24, 2.45) is 5.92 Å². The van der Waals surface area contributed by atoms with Crippen LogP contribution in [0.25, 0.3) is 0 Å². The van der Waals surface area contributed by atoms with Crippen LogP contribution in [0.2, 0.25) is 0 Å². The van der Waals surface area contributed by atoms with Crippen LogP contribution >= 0.6 is 0 Å². The largest absolute Gasteiger partial charge is 0.373 e. The van der Waals surface area contributed by atoms with E-state index in [1.165, 1.54) is 70.6 Å². The lowest BCUT2D eigenvalue weighted by Gasteiger charge is -2.04. The van der Waals surface area contributed by atoms with Gasteiger partial charge in [-0.1, -0.05) is 78.1 Å². The number of rotatable bonds is 12. The van der Waals surface area contributed by atoms with E-state index in [-0.39, 0.29) is 0 Å². The molecule has 1 aliphatic heterocycles. The number of hydrogen-bond donors (Lipinski definition) is 0. The standard InChI is InChI=1S/C16H32O/c1-15(2)12-10-8-6-4-3-5-7-9-11-13-16-14-17-16/h15-16H,3-14H2,1-2H3. The molecule has 0 aromatic rings. The maximum atomic E-state index is 5.21. The van der Waals surface area contributed by atoms with Crippen LogP contribution in [0.5, 0.6) is 0 Å². The number of unbranched alkanes of at least 4 members (excludes halogenated alkanes) is 8. The van der Waals surface area contributed by atoms with Crippen molar-refractivity contribution in [2.75, 3.05) is 6.61 Å². The number of hydrogen-bond acceptors (Lipinski definition) is 1. The smallest absolute Gasteiger partial charge is 0.0810 e. The maximum Gasteiger partial charge on any atom is 0.0810 e. The Labute approximate surface area is 108 Å². The molecule has 1 heteroatoms. The minimum Gasteiger partial charge on any atom is -0.373 e. The Balaban J connectivity index is 1.63. The van der Waals surface area contributed by atoms with Gasteiger partial charge in [-0.05, 0) is 12.3 Å². The third-order valence-corrected chi connectivity index (χ3v) is 3.71. The van der Waals surface area contributed by atoms with Crippen LogP contribution in [0.3, 0.4) is 0 Å². The van der Waals surface area contributed by atoms with Crippen molar-refractivity contribution in [2.45, 2.75) is 90.6 Å². The molecule has 1 aliphatic rings. The molecule has 0 aromatic carbocycles. The molecule has 17 heavy (non-hydrogen) atoms. The highest BCUT2D eigenvalue weighted by Crippen LogP contribution is 2.18. The van der Waals surface area contributed by atoms with Crippen molar-refractivity contribution in [3.8, 4) is 0 Å². The van der Waals surface area contributed by atoms with Crippen molar-refractivity contribution in [3.63, 3.8) is 0 Å². The van der Waals surface area contributed by atoms with E-state index in [1.54, 1.807) is 0 Å². The van der Waals surface area contributed by atoms with Crippen LogP contribution in [0, 0.1) is 5.92 Å². The molecule has 1 nitrogen and oxygen atoms in total. The molecular weight excluding hydrogens is 208 g/mol. The molecule has 0 aromatic heterocycles. The van der Waals surface area contributed by atoms with Gasteiger partial charge in [-0.25, -0.2) is 0 Å². The predicted octanol–water partition coefficient (Wildman–Crippen LogP) is 5.33. The summed E-state index contributed by atoms with van der Waals surface area (Å²) in [5.41, 5.74) is 0. The lowest BCUT2D eigenvalue weighted by atomic mass is 10.0. The lowest BCUT2D eigenvalue weighted by Crippen LogP contribution is -1.88. The first kappa shape index (κ1) is 15.0. The molecule has 0 amide bonds. The Kier molecular flexibility index (Phi) is 8.78. The summed E-state index contributed by atoms with van der Waals surface area (Å²) in [5.74, 6) is 0.894. The molecule has 0 N–H and O–H groups in total. The van der Waals surface area contributed by atoms with Crippen LogP contribution in [0.4, 0.5) is 0 Å². The SMILES string of the molecule is CC(C)CCCCCCCCCCCC1CO1. The highest BCUT2D eigenvalue weighted by atomic mass is 16.6. The monoisotopic (exact) mass is 240 g/mol. The van der Waals surface area contributed by atoms with Crippen molar-refractivity contribution in [1.29, 1.82) is 0 Å². The van der Waals surface area contributed by atoms with Crippen LogP contribution < -0.4 is 0 Å². The molecule has 0 saturated carbocycles. The van der Waals surface area contributed by atoms with E-state index in [2.05, 4.69) is 13.8 Å². The number of epoxide rings is 1. The molecule has 1 unspecified atom stereocenters. The van der Waals surface area contributed by atoms with E-state index >= 15 is 0 Å². The summed E-state index contributed by atoms with van der Waals surface area (Å²) >= 11 is 0. The summed E-state index contributed by atoms with van der Waals surface area (Å²) < 4.78 is 5.21. The van der Waals surface area contributed by atoms with Crippen LogP contribution in [-0.4, -0.2) is 12.7 Å². The van der Waals surface area contributed by atoms with Gasteiger partial charge in [0, 0.05) is 0 Å². The minimum absolute atomic E-state index is 0.649. The lowest BCUT2D eigenvalue weighted by molar-refractivity contribution is 0.387. The summed E-state index contributed by atoms with van der Waals surface area (Å²) in [6.45, 7) is 5.69. The van der Waals surface area contributed by atoms with Gasteiger partial charge in [-0.15, -0.1) is 0 Å². The Morgan fingerprint density at radius 3 is 1.76 bits per heavy atom. The van der Waals surface area contributed by atoms with Gasteiger partial charge >= 0.3 is 0 Å². The van der Waals surface area contributed by atoms with Gasteiger partial charge in [0.05, 0.1) is 12.7 Å². The zero-order valence-electron chi connectivity index (χ0n) is 12.0. The fraction of sp³-hybridized carbons (Fsp3) is 1.00. The van der Waals surface area contributed by atoms with Gasteiger partial charge in [0.15, 0.2) is 0 Å². The van der Waals surface area contributed by atoms with Gasteiger partial charge in [0.25, 0.3) is 0 Å². The Bertz CT molecular complexity index is 151. The highest BCUT2D eigenvalue weighted by Gasteiger charge is 2.20. The van der Waals surface area contributed by atoms with E-state index in [1.807, 2.05) is 0 Å². The summed E-state index contributed by atoms with van der Waals surface area (Å²) in [6.07, 6.45) is 16.4. The van der Waals surface area contributed by atoms with E-state index in [0.29, 0.717) is 6.10 Å². The maximum absolute atomic E-state index is 5.21. The van der Waals surface area contributed by atoms with Gasteiger partial charge in [-0.2, -0.15) is 0 Å². The quantitative estimate of drug-likeness (QED) is 0.332. The van der Waals surface area contributed by atoms with Crippen molar-refractivity contribution in [1.82, 2.24) is 0 Å². The molecule has 1 heterocycles. The average Bonchev–Trinajstić information content (AvgIpc) is 3.09. The minimum atomic E-state index is 0.649. The van der Waals surface area contributed by atoms with Gasteiger partial charge in [0.2, 0.25) is 0 Å². The fourth-order valence-corrected chi connectivity index (χ4v) is 2.40. The molecule has 1 atom stereocenters. The molecule has 1 rings (SSSR count). The first-order chi connectivity index (χ1) is 8.29. The predicted molar refractivity (Wildman–Crippen MR) is 75.4 cm³/mol. The van der Waals surface area contributed by atoms with Crippen LogP contribution in [0.1, 0.15) is 84.5 Å². The van der Waals surface area contributed by atoms with Crippen molar-refractivity contribution >= 4 is 0 Å². The Morgan fingerprint density at radius 2 is 1.29 bits per heavy atom. The fourth-order valence-electron chi connectivity index (χ4n) is 2.40. The summed E-state index contributed by atoms with van der Waals surface area (Å²) in [6, 6.07) is 0. The topological polar surface area (TPSA) is 12.5 Å². The first-order valence-electron chi connectivity index (χ1n) is 7.90. The van der Waals surface area contributed by atoms with Crippen molar-refractivity contribution < 1.29 is 4.74 Å². The van der Waals surface area contributed by atoms with Gasteiger partial charge in [-0.3, -0.25) is 0 Å². The zero-order valence-corrected chi connectivity index (χ0v) is 12.0. The number of ether oxygens (including phenoxy) is 1. The Hall–Kier alpha value is -0.0400. The van der Waals surface area contributed by atoms with Crippen LogP contribution in [0.15, 0.2) is 0 Å². The summed E-state index contributed by atoms with van der Waals surface area (Å²) in [4.78, 5) is 0. The molecular formula is C16H32O. The average molecular weight is 240 g/mol. The molecule has 1 saturated heterocycles. The molecule has 0 radical (unpaired) electrons. The summed E-state index contributed by atoms with van der Waals surface area (Å²) in [5, 5.41) is 0. The molecule has 1 fully saturated rings. The molecule has 102 valence electrons. The second-order valence-electron chi connectivity index (χ2n) is 6.11. The second-order valence-corrected chi connectivity index (χ2v) is 6.11. The highest BCUT2D eigenvalue weighted by molar-refractivity contribution is 4.68. The molecule has 0 aliphatic carbocycles. The van der Waals surface area contributed by atoms with Gasteiger partial charge < -0.3 is 4.74 Å². The third-order valence-electron chi connectivity index (χ3n) is 3.71. The third kappa shape index (κ3) is 10.8. The van der Waals surface area contributed by atoms with E-state index < -0.39 is 0 Å². The molecule has 0 bridgehead atoms. The normalized spacial score (nSPS) is 18.9. The zero-order chi connectivity index (χ0) is 12.3. The Morgan fingerprint density at radius 1 is 0.824 bits per heavy atom.